The number of benzene rings is 1. The Labute approximate surface area is 116 Å². The Morgan fingerprint density at radius 2 is 1.63 bits per heavy atom. The molecule has 0 aliphatic rings. The van der Waals surface area contributed by atoms with E-state index in [0.717, 1.165) is 12.1 Å². The van der Waals surface area contributed by atoms with Gasteiger partial charge in [0.15, 0.2) is 0 Å². The fourth-order valence-electron chi connectivity index (χ4n) is 2.43. The Kier molecular flexibility index (Phi) is 5.61. The number of aromatic nitrogens is 1. The lowest BCUT2D eigenvalue weighted by atomic mass is 9.98. The molecular weight excluding hydrogens is 230 g/mol. The topological polar surface area (TPSA) is 12.9 Å². The number of hydrogen-bond acceptors (Lipinski definition) is 1. The molecule has 1 nitrogen and oxygen atoms in total. The summed E-state index contributed by atoms with van der Waals surface area (Å²) in [6.07, 6.45) is 9.69. The highest BCUT2D eigenvalue weighted by Gasteiger charge is 2.04. The molecule has 0 atom stereocenters. The summed E-state index contributed by atoms with van der Waals surface area (Å²) in [7, 11) is 0. The van der Waals surface area contributed by atoms with Crippen LogP contribution in [0, 0.1) is 0 Å². The van der Waals surface area contributed by atoms with E-state index in [2.05, 4.69) is 48.3 Å². The molecule has 0 N–H and O–H groups in total. The van der Waals surface area contributed by atoms with E-state index < -0.39 is 0 Å². The van der Waals surface area contributed by atoms with Crippen LogP contribution in [-0.4, -0.2) is 4.98 Å². The monoisotopic (exact) mass is 253 g/mol. The fourth-order valence-corrected chi connectivity index (χ4v) is 2.43. The van der Waals surface area contributed by atoms with Crippen molar-refractivity contribution in [3.8, 4) is 11.3 Å². The highest BCUT2D eigenvalue weighted by atomic mass is 14.7. The minimum Gasteiger partial charge on any atom is -0.256 e. The molecule has 0 radical (unpaired) electrons. The van der Waals surface area contributed by atoms with Crippen LogP contribution in [0.2, 0.25) is 0 Å². The van der Waals surface area contributed by atoms with E-state index in [4.69, 9.17) is 0 Å². The summed E-state index contributed by atoms with van der Waals surface area (Å²) in [6.45, 7) is 2.26. The van der Waals surface area contributed by atoms with E-state index in [-0.39, 0.29) is 0 Å². The van der Waals surface area contributed by atoms with Gasteiger partial charge in [-0.1, -0.05) is 62.9 Å². The van der Waals surface area contributed by atoms with Crippen LogP contribution in [0.25, 0.3) is 11.3 Å². The maximum absolute atomic E-state index is 4.47. The quantitative estimate of drug-likeness (QED) is 0.613. The third kappa shape index (κ3) is 4.20. The summed E-state index contributed by atoms with van der Waals surface area (Å²) in [6, 6.07) is 14.8. The summed E-state index contributed by atoms with van der Waals surface area (Å²) in [5, 5.41) is 0. The normalized spacial score (nSPS) is 10.6. The summed E-state index contributed by atoms with van der Waals surface area (Å²) in [5.41, 5.74) is 3.81. The second-order valence-corrected chi connectivity index (χ2v) is 5.04. The van der Waals surface area contributed by atoms with Crippen LogP contribution in [0.4, 0.5) is 0 Å². The summed E-state index contributed by atoms with van der Waals surface area (Å²) < 4.78 is 0. The molecule has 0 amide bonds. The highest BCUT2D eigenvalue weighted by Crippen LogP contribution is 2.23. The first-order valence-corrected chi connectivity index (χ1v) is 7.41. The molecule has 0 fully saturated rings. The summed E-state index contributed by atoms with van der Waals surface area (Å²) >= 11 is 0. The largest absolute Gasteiger partial charge is 0.256 e. The summed E-state index contributed by atoms with van der Waals surface area (Å²) in [5.74, 6) is 0. The second-order valence-electron chi connectivity index (χ2n) is 5.04. The summed E-state index contributed by atoms with van der Waals surface area (Å²) in [4.78, 5) is 4.47. The van der Waals surface area contributed by atoms with Gasteiger partial charge in [0.2, 0.25) is 0 Å². The first-order chi connectivity index (χ1) is 9.42. The van der Waals surface area contributed by atoms with Crippen molar-refractivity contribution in [2.75, 3.05) is 0 Å². The van der Waals surface area contributed by atoms with Gasteiger partial charge in [-0.05, 0) is 30.5 Å². The molecule has 2 rings (SSSR count). The Balaban J connectivity index is 2.01. The van der Waals surface area contributed by atoms with Crippen molar-refractivity contribution < 1.29 is 0 Å². The second kappa shape index (κ2) is 7.73. The maximum Gasteiger partial charge on any atom is 0.0704 e. The van der Waals surface area contributed by atoms with Crippen molar-refractivity contribution in [3.05, 3.63) is 54.2 Å². The molecule has 1 aromatic heterocycles. The SMILES string of the molecule is CCCCCCCc1ccccc1-c1ccccn1. The van der Waals surface area contributed by atoms with Crippen LogP contribution in [-0.2, 0) is 6.42 Å². The van der Waals surface area contributed by atoms with Gasteiger partial charge in [-0.25, -0.2) is 0 Å². The van der Waals surface area contributed by atoms with Gasteiger partial charge in [0.05, 0.1) is 5.69 Å². The van der Waals surface area contributed by atoms with Gasteiger partial charge in [0, 0.05) is 11.8 Å². The minimum atomic E-state index is 1.09. The zero-order valence-corrected chi connectivity index (χ0v) is 11.8. The standard InChI is InChI=1S/C18H23N/c1-2-3-4-5-6-11-16-12-7-8-13-17(16)18-14-9-10-15-19-18/h7-10,12-15H,2-6,11H2,1H3. The third-order valence-corrected chi connectivity index (χ3v) is 3.51. The van der Waals surface area contributed by atoms with Gasteiger partial charge in [-0.15, -0.1) is 0 Å². The number of rotatable bonds is 7. The van der Waals surface area contributed by atoms with Crippen molar-refractivity contribution >= 4 is 0 Å². The van der Waals surface area contributed by atoms with Crippen LogP contribution >= 0.6 is 0 Å². The Hall–Kier alpha value is -1.63. The number of aryl methyl sites for hydroxylation is 1. The van der Waals surface area contributed by atoms with Crippen molar-refractivity contribution in [2.45, 2.75) is 45.4 Å². The smallest absolute Gasteiger partial charge is 0.0704 e. The zero-order chi connectivity index (χ0) is 13.3. The lowest BCUT2D eigenvalue weighted by Gasteiger charge is -2.08. The molecular formula is C18H23N. The average Bonchev–Trinajstić information content (AvgIpc) is 2.48. The first kappa shape index (κ1) is 13.8. The molecule has 0 aliphatic carbocycles. The fraction of sp³-hybridized carbons (Fsp3) is 0.389. The van der Waals surface area contributed by atoms with Gasteiger partial charge in [0.25, 0.3) is 0 Å². The zero-order valence-electron chi connectivity index (χ0n) is 11.8. The lowest BCUT2D eigenvalue weighted by Crippen LogP contribution is -1.92. The number of pyridine rings is 1. The van der Waals surface area contributed by atoms with E-state index in [1.807, 2.05) is 12.3 Å². The van der Waals surface area contributed by atoms with Crippen LogP contribution < -0.4 is 0 Å². The molecule has 1 heteroatoms. The molecule has 2 aromatic rings. The number of hydrogen-bond donors (Lipinski definition) is 0. The minimum absolute atomic E-state index is 1.09. The molecule has 0 unspecified atom stereocenters. The number of nitrogens with zero attached hydrogens (tertiary/aromatic N) is 1. The van der Waals surface area contributed by atoms with Crippen molar-refractivity contribution in [3.63, 3.8) is 0 Å². The molecule has 0 aliphatic heterocycles. The van der Waals surface area contributed by atoms with Gasteiger partial charge >= 0.3 is 0 Å². The molecule has 100 valence electrons. The van der Waals surface area contributed by atoms with Crippen LogP contribution in [0.1, 0.15) is 44.6 Å². The lowest BCUT2D eigenvalue weighted by molar-refractivity contribution is 0.632. The number of unbranched alkanes of at least 4 members (excludes halogenated alkanes) is 4. The van der Waals surface area contributed by atoms with Gasteiger partial charge in [0.1, 0.15) is 0 Å². The first-order valence-electron chi connectivity index (χ1n) is 7.41. The third-order valence-electron chi connectivity index (χ3n) is 3.51. The molecule has 0 saturated carbocycles. The Bertz CT molecular complexity index is 476. The molecule has 19 heavy (non-hydrogen) atoms. The van der Waals surface area contributed by atoms with E-state index in [1.54, 1.807) is 0 Å². The average molecular weight is 253 g/mol. The van der Waals surface area contributed by atoms with Crippen LogP contribution in [0.5, 0.6) is 0 Å². The molecule has 0 bridgehead atoms. The molecule has 0 spiro atoms. The molecule has 0 saturated heterocycles. The predicted molar refractivity (Wildman–Crippen MR) is 82.1 cm³/mol. The van der Waals surface area contributed by atoms with Gasteiger partial charge in [-0.3, -0.25) is 4.98 Å². The predicted octanol–water partition coefficient (Wildman–Crippen LogP) is 5.26. The van der Waals surface area contributed by atoms with Gasteiger partial charge in [-0.2, -0.15) is 0 Å². The van der Waals surface area contributed by atoms with E-state index in [9.17, 15) is 0 Å². The van der Waals surface area contributed by atoms with Crippen molar-refractivity contribution in [1.29, 1.82) is 0 Å². The van der Waals surface area contributed by atoms with Crippen molar-refractivity contribution in [1.82, 2.24) is 4.98 Å². The van der Waals surface area contributed by atoms with Crippen molar-refractivity contribution in [2.24, 2.45) is 0 Å². The Morgan fingerprint density at radius 1 is 0.842 bits per heavy atom. The van der Waals surface area contributed by atoms with Gasteiger partial charge < -0.3 is 0 Å². The maximum atomic E-state index is 4.47. The van der Waals surface area contributed by atoms with E-state index in [1.165, 1.54) is 43.2 Å². The highest BCUT2D eigenvalue weighted by molar-refractivity contribution is 5.63. The molecule has 1 aromatic carbocycles. The van der Waals surface area contributed by atoms with Crippen LogP contribution in [0.15, 0.2) is 48.7 Å². The molecule has 1 heterocycles. The van der Waals surface area contributed by atoms with E-state index in [0.29, 0.717) is 0 Å². The van der Waals surface area contributed by atoms with E-state index >= 15 is 0 Å². The Morgan fingerprint density at radius 3 is 2.42 bits per heavy atom. The van der Waals surface area contributed by atoms with Crippen LogP contribution in [0.3, 0.4) is 0 Å².